The second-order valence-corrected chi connectivity index (χ2v) is 11.6. The minimum absolute atomic E-state index is 0.0207. The molecule has 13 nitrogen and oxygen atoms in total. The number of anilines is 1. The molecule has 5 aromatic rings. The van der Waals surface area contributed by atoms with Crippen LogP contribution in [0.4, 0.5) is 14.5 Å². The van der Waals surface area contributed by atoms with E-state index in [1.54, 1.807) is 30.2 Å². The van der Waals surface area contributed by atoms with Crippen molar-refractivity contribution in [3.05, 3.63) is 67.0 Å². The first-order valence-electron chi connectivity index (χ1n) is 12.4. The highest BCUT2D eigenvalue weighted by atomic mass is 32.2. The molecule has 2 N–H and O–H groups in total. The number of nitrogens with one attached hydrogen (secondary N) is 1. The molecule has 5 heterocycles. The number of hydrogen-bond acceptors (Lipinski definition) is 10. The van der Waals surface area contributed by atoms with Gasteiger partial charge in [0.15, 0.2) is 11.9 Å². The number of alkyl halides is 2. The van der Waals surface area contributed by atoms with E-state index in [9.17, 15) is 22.3 Å². The number of likely N-dealkylation sites (N-methyl/N-ethyl adjacent to an activating group) is 1. The summed E-state index contributed by atoms with van der Waals surface area (Å²) in [5.74, 6) is -0.291. The number of aliphatic hydroxyl groups excluding tert-OH is 1. The zero-order chi connectivity index (χ0) is 28.9. The summed E-state index contributed by atoms with van der Waals surface area (Å²) in [6.45, 7) is -1.68. The Bertz CT molecular complexity index is 1830. The number of hydrogen-bond donors (Lipinski definition) is 2. The third kappa shape index (κ3) is 5.00. The molecule has 1 atom stereocenters. The van der Waals surface area contributed by atoms with Crippen molar-refractivity contribution >= 4 is 21.2 Å². The van der Waals surface area contributed by atoms with Crippen LogP contribution in [0, 0.1) is 0 Å². The summed E-state index contributed by atoms with van der Waals surface area (Å²) >= 11 is 0. The lowest BCUT2D eigenvalue weighted by Crippen LogP contribution is -2.45. The van der Waals surface area contributed by atoms with E-state index in [0.717, 1.165) is 19.2 Å². The van der Waals surface area contributed by atoms with Gasteiger partial charge in [-0.15, -0.1) is 0 Å². The first-order valence-corrected chi connectivity index (χ1v) is 13.9. The number of likely N-dealkylation sites (tertiary alicyclic amines) is 1. The number of halogens is 2. The molecule has 41 heavy (non-hydrogen) atoms. The summed E-state index contributed by atoms with van der Waals surface area (Å²) in [5, 5.41) is 26.6. The second kappa shape index (κ2) is 10.2. The van der Waals surface area contributed by atoms with Gasteiger partial charge in [-0.1, -0.05) is 0 Å². The van der Waals surface area contributed by atoms with Crippen LogP contribution in [-0.2, 0) is 16.9 Å². The number of rotatable bonds is 9. The van der Waals surface area contributed by atoms with Crippen LogP contribution >= 0.6 is 0 Å². The third-order valence-electron chi connectivity index (χ3n) is 6.76. The molecule has 16 heteroatoms. The molecular formula is C25H25F2N9O4S. The Morgan fingerprint density at radius 1 is 1.12 bits per heavy atom. The van der Waals surface area contributed by atoms with Crippen LogP contribution in [0.3, 0.4) is 0 Å². The molecule has 1 aromatic carbocycles. The molecule has 4 aromatic heterocycles. The average molecular weight is 586 g/mol. The zero-order valence-corrected chi connectivity index (χ0v) is 22.7. The molecule has 0 spiro atoms. The number of ether oxygens (including phenoxy) is 1. The Hall–Kier alpha value is -4.41. The van der Waals surface area contributed by atoms with Crippen molar-refractivity contribution in [1.29, 1.82) is 0 Å². The Morgan fingerprint density at radius 3 is 2.68 bits per heavy atom. The van der Waals surface area contributed by atoms with Crippen molar-refractivity contribution in [2.24, 2.45) is 7.05 Å². The van der Waals surface area contributed by atoms with Crippen LogP contribution in [-0.4, -0.2) is 79.3 Å². The summed E-state index contributed by atoms with van der Waals surface area (Å²) in [4.78, 5) is 6.11. The monoisotopic (exact) mass is 585 g/mol. The van der Waals surface area contributed by atoms with Gasteiger partial charge in [-0.3, -0.25) is 9.36 Å². The molecule has 0 bridgehead atoms. The van der Waals surface area contributed by atoms with Gasteiger partial charge in [0.1, 0.15) is 16.3 Å². The normalized spacial score (nSPS) is 15.4. The molecule has 6 rings (SSSR count). The Kier molecular flexibility index (Phi) is 6.67. The average Bonchev–Trinajstić information content (AvgIpc) is 3.65. The van der Waals surface area contributed by atoms with Gasteiger partial charge in [0.05, 0.1) is 34.6 Å². The fraction of sp³-hybridized carbons (Fsp3) is 0.280. The fourth-order valence-electron chi connectivity index (χ4n) is 4.75. The SMILES string of the molecule is CN1CC(n2cc(S(=O)(=O)c3ccc(OC(F)F)c(-c4nn(C)cc4NC(O)c4cnn5cccnc45)c3)cn2)C1. The first kappa shape index (κ1) is 26.8. The van der Waals surface area contributed by atoms with Crippen LogP contribution in [0.25, 0.3) is 16.9 Å². The topological polar surface area (TPSA) is 145 Å². The van der Waals surface area contributed by atoms with E-state index in [4.69, 9.17) is 4.74 Å². The predicted octanol–water partition coefficient (Wildman–Crippen LogP) is 2.35. The van der Waals surface area contributed by atoms with E-state index in [-0.39, 0.29) is 38.5 Å². The number of aliphatic hydroxyl groups is 1. The van der Waals surface area contributed by atoms with E-state index in [1.165, 1.54) is 46.1 Å². The lowest BCUT2D eigenvalue weighted by molar-refractivity contribution is -0.0494. The molecule has 0 amide bonds. The molecule has 1 aliphatic heterocycles. The number of benzene rings is 1. The van der Waals surface area contributed by atoms with Crippen LogP contribution < -0.4 is 10.1 Å². The summed E-state index contributed by atoms with van der Waals surface area (Å²) in [6, 6.07) is 5.33. The molecule has 0 saturated carbocycles. The maximum absolute atomic E-state index is 13.6. The molecule has 214 valence electrons. The Balaban J connectivity index is 1.37. The van der Waals surface area contributed by atoms with Crippen molar-refractivity contribution in [3.63, 3.8) is 0 Å². The standard InChI is InChI=1S/C25H25F2N9O4S/c1-33-11-15(12-33)36-13-17(9-29-36)41(38,39)16-4-5-21(40-25(26)27)18(8-16)22-20(14-34(2)32-22)31-24(37)19-10-30-35-7-3-6-28-23(19)35/h3-10,13-15,24-25,31,37H,11-12H2,1-2H3. The first-order chi connectivity index (χ1) is 19.6. The van der Waals surface area contributed by atoms with Gasteiger partial charge in [0.2, 0.25) is 9.84 Å². The van der Waals surface area contributed by atoms with Crippen molar-refractivity contribution in [2.75, 3.05) is 25.5 Å². The number of fused-ring (bicyclic) bond motifs is 1. The van der Waals surface area contributed by atoms with Crippen molar-refractivity contribution in [3.8, 4) is 17.0 Å². The molecule has 0 radical (unpaired) electrons. The fourth-order valence-corrected chi connectivity index (χ4v) is 5.97. The van der Waals surface area contributed by atoms with E-state index >= 15 is 0 Å². The van der Waals surface area contributed by atoms with Gasteiger partial charge in [0, 0.05) is 50.5 Å². The number of aryl methyl sites for hydroxylation is 1. The van der Waals surface area contributed by atoms with Crippen LogP contribution in [0.15, 0.2) is 71.2 Å². The smallest absolute Gasteiger partial charge is 0.387 e. The minimum Gasteiger partial charge on any atom is -0.434 e. The second-order valence-electron chi connectivity index (χ2n) is 9.67. The highest BCUT2D eigenvalue weighted by Crippen LogP contribution is 2.39. The van der Waals surface area contributed by atoms with Gasteiger partial charge in [-0.05, 0) is 31.3 Å². The van der Waals surface area contributed by atoms with Crippen molar-refractivity contribution < 1.29 is 27.0 Å². The predicted molar refractivity (Wildman–Crippen MR) is 141 cm³/mol. The lowest BCUT2D eigenvalue weighted by atomic mass is 10.1. The van der Waals surface area contributed by atoms with E-state index in [2.05, 4.69) is 30.5 Å². The lowest BCUT2D eigenvalue weighted by Gasteiger charge is -2.36. The molecule has 1 unspecified atom stereocenters. The van der Waals surface area contributed by atoms with E-state index in [1.807, 2.05) is 7.05 Å². The highest BCUT2D eigenvalue weighted by molar-refractivity contribution is 7.91. The van der Waals surface area contributed by atoms with Gasteiger partial charge in [-0.25, -0.2) is 17.9 Å². The molecule has 0 aliphatic carbocycles. The molecule has 1 saturated heterocycles. The van der Waals surface area contributed by atoms with Crippen molar-refractivity contribution in [2.45, 2.75) is 28.7 Å². The summed E-state index contributed by atoms with van der Waals surface area (Å²) in [7, 11) is -0.527. The van der Waals surface area contributed by atoms with Gasteiger partial charge in [0.25, 0.3) is 0 Å². The summed E-state index contributed by atoms with van der Waals surface area (Å²) in [6.07, 6.45) is 7.60. The quantitative estimate of drug-likeness (QED) is 0.247. The number of sulfone groups is 1. The summed E-state index contributed by atoms with van der Waals surface area (Å²) < 4.78 is 63.0. The van der Waals surface area contributed by atoms with E-state index in [0.29, 0.717) is 11.2 Å². The molecule has 1 fully saturated rings. The van der Waals surface area contributed by atoms with Gasteiger partial charge < -0.3 is 20.1 Å². The maximum Gasteiger partial charge on any atom is 0.387 e. The third-order valence-corrected chi connectivity index (χ3v) is 8.47. The van der Waals surface area contributed by atoms with Gasteiger partial charge in [-0.2, -0.15) is 24.1 Å². The summed E-state index contributed by atoms with van der Waals surface area (Å²) in [5.41, 5.74) is 1.05. The van der Waals surface area contributed by atoms with Crippen LogP contribution in [0.1, 0.15) is 17.8 Å². The highest BCUT2D eigenvalue weighted by Gasteiger charge is 2.29. The largest absolute Gasteiger partial charge is 0.434 e. The van der Waals surface area contributed by atoms with E-state index < -0.39 is 22.7 Å². The molecular weight excluding hydrogens is 560 g/mol. The number of aromatic nitrogens is 7. The van der Waals surface area contributed by atoms with Gasteiger partial charge >= 0.3 is 6.61 Å². The zero-order valence-electron chi connectivity index (χ0n) is 21.8. The minimum atomic E-state index is -4.08. The number of nitrogens with zero attached hydrogens (tertiary/aromatic N) is 8. The maximum atomic E-state index is 13.6. The van der Waals surface area contributed by atoms with Crippen molar-refractivity contribution in [1.82, 2.24) is 39.1 Å². The van der Waals surface area contributed by atoms with Crippen LogP contribution in [0.2, 0.25) is 0 Å². The van der Waals surface area contributed by atoms with Crippen LogP contribution in [0.5, 0.6) is 5.75 Å². The Labute approximate surface area is 232 Å². The Morgan fingerprint density at radius 2 is 1.93 bits per heavy atom. The molecule has 1 aliphatic rings.